The number of carboxylic acid groups (broad SMARTS) is 1. The molecule has 3 heteroatoms. The molecular weight excluding hydrogens is 240 g/mol. The number of hydrogen-bond donors (Lipinski definition) is 1. The van der Waals surface area contributed by atoms with Gasteiger partial charge in [-0.25, -0.2) is 0 Å². The smallest absolute Gasteiger partial charge is 0.307 e. The van der Waals surface area contributed by atoms with E-state index in [1.165, 1.54) is 5.56 Å². The monoisotopic (exact) mass is 262 g/mol. The van der Waals surface area contributed by atoms with E-state index >= 15 is 0 Å². The number of hydrogen-bond acceptors (Lipinski definition) is 2. The van der Waals surface area contributed by atoms with Crippen molar-refractivity contribution in [2.24, 2.45) is 0 Å². The molecule has 0 amide bonds. The number of benzene rings is 1. The second kappa shape index (κ2) is 5.24. The minimum atomic E-state index is -0.780. The zero-order chi connectivity index (χ0) is 14.0. The number of aliphatic carboxylic acids is 1. The Morgan fingerprint density at radius 3 is 2.58 bits per heavy atom. The van der Waals surface area contributed by atoms with Crippen molar-refractivity contribution in [1.82, 2.24) is 0 Å². The van der Waals surface area contributed by atoms with Gasteiger partial charge in [-0.2, -0.15) is 0 Å². The Kier molecular flexibility index (Phi) is 3.83. The van der Waals surface area contributed by atoms with Gasteiger partial charge in [-0.15, -0.1) is 0 Å². The van der Waals surface area contributed by atoms with Crippen LogP contribution in [-0.4, -0.2) is 16.7 Å². The molecule has 0 heterocycles. The number of rotatable bonds is 5. The highest BCUT2D eigenvalue weighted by atomic mass is 16.5. The molecule has 0 saturated heterocycles. The van der Waals surface area contributed by atoms with E-state index in [2.05, 4.69) is 32.0 Å². The predicted octanol–water partition coefficient (Wildman–Crippen LogP) is 3.89. The molecular formula is C16H22O3. The van der Waals surface area contributed by atoms with E-state index in [-0.39, 0.29) is 6.42 Å². The fraction of sp³-hybridized carbons (Fsp3) is 0.562. The normalized spacial score (nSPS) is 17.1. The second-order valence-electron chi connectivity index (χ2n) is 5.89. The Morgan fingerprint density at radius 1 is 1.42 bits per heavy atom. The van der Waals surface area contributed by atoms with Gasteiger partial charge in [-0.1, -0.05) is 26.0 Å². The lowest BCUT2D eigenvalue weighted by Gasteiger charge is -2.41. The molecule has 0 spiro atoms. The third-order valence-electron chi connectivity index (χ3n) is 3.94. The first-order chi connectivity index (χ1) is 8.92. The van der Waals surface area contributed by atoms with Crippen molar-refractivity contribution >= 4 is 5.97 Å². The van der Waals surface area contributed by atoms with Gasteiger partial charge in [0.2, 0.25) is 0 Å². The molecule has 1 fully saturated rings. The highest BCUT2D eigenvalue weighted by molar-refractivity contribution is 5.68. The average Bonchev–Trinajstić information content (AvgIpc) is 2.28. The van der Waals surface area contributed by atoms with Crippen LogP contribution >= 0.6 is 0 Å². The summed E-state index contributed by atoms with van der Waals surface area (Å²) < 4.78 is 6.09. The van der Waals surface area contributed by atoms with Crippen molar-refractivity contribution in [2.45, 2.75) is 58.0 Å². The summed E-state index contributed by atoms with van der Waals surface area (Å²) in [6.45, 7) is 6.29. The molecule has 1 aliphatic carbocycles. The van der Waals surface area contributed by atoms with Gasteiger partial charge in [0, 0.05) is 0 Å². The van der Waals surface area contributed by atoms with E-state index in [4.69, 9.17) is 9.84 Å². The first kappa shape index (κ1) is 13.9. The number of aryl methyl sites for hydroxylation is 1. The molecule has 3 nitrogen and oxygen atoms in total. The molecule has 0 bridgehead atoms. The molecule has 0 aliphatic heterocycles. The molecule has 1 aromatic carbocycles. The van der Waals surface area contributed by atoms with Gasteiger partial charge in [0.15, 0.2) is 0 Å². The molecule has 0 aromatic heterocycles. The first-order valence-corrected chi connectivity index (χ1v) is 6.93. The van der Waals surface area contributed by atoms with Crippen molar-refractivity contribution in [3.8, 4) is 5.75 Å². The summed E-state index contributed by atoms with van der Waals surface area (Å²) in [6.07, 6.45) is 2.82. The summed E-state index contributed by atoms with van der Waals surface area (Å²) >= 11 is 0. The molecule has 2 rings (SSSR count). The Balaban J connectivity index is 2.21. The van der Waals surface area contributed by atoms with Crippen LogP contribution in [0.4, 0.5) is 0 Å². The Hall–Kier alpha value is -1.51. The van der Waals surface area contributed by atoms with Crippen LogP contribution in [0.2, 0.25) is 0 Å². The number of carbonyl (C=O) groups is 1. The van der Waals surface area contributed by atoms with Crippen molar-refractivity contribution in [3.05, 3.63) is 29.3 Å². The molecule has 19 heavy (non-hydrogen) atoms. The van der Waals surface area contributed by atoms with E-state index in [1.807, 2.05) is 6.92 Å². The average molecular weight is 262 g/mol. The maximum absolute atomic E-state index is 11.0. The SMILES string of the molecule is Cc1ccc(C(C)C)cc1OC1(CC(=O)O)CCC1. The Labute approximate surface area is 114 Å². The third kappa shape index (κ3) is 3.09. The van der Waals surface area contributed by atoms with Crippen LogP contribution in [0.3, 0.4) is 0 Å². The minimum Gasteiger partial charge on any atom is -0.486 e. The molecule has 1 saturated carbocycles. The molecule has 104 valence electrons. The molecule has 0 atom stereocenters. The van der Waals surface area contributed by atoms with E-state index in [0.29, 0.717) is 5.92 Å². The third-order valence-corrected chi connectivity index (χ3v) is 3.94. The fourth-order valence-electron chi connectivity index (χ4n) is 2.48. The van der Waals surface area contributed by atoms with Crippen molar-refractivity contribution in [1.29, 1.82) is 0 Å². The lowest BCUT2D eigenvalue weighted by molar-refractivity contribution is -0.144. The maximum atomic E-state index is 11.0. The van der Waals surface area contributed by atoms with Gasteiger partial charge in [0.05, 0.1) is 6.42 Å². The lowest BCUT2D eigenvalue weighted by atomic mass is 9.77. The summed E-state index contributed by atoms with van der Waals surface area (Å²) in [5.74, 6) is 0.504. The fourth-order valence-corrected chi connectivity index (χ4v) is 2.48. The van der Waals surface area contributed by atoms with Crippen molar-refractivity contribution < 1.29 is 14.6 Å². The maximum Gasteiger partial charge on any atom is 0.307 e. The van der Waals surface area contributed by atoms with Crippen LogP contribution in [0.5, 0.6) is 5.75 Å². The van der Waals surface area contributed by atoms with Crippen LogP contribution in [0.25, 0.3) is 0 Å². The van der Waals surface area contributed by atoms with Gasteiger partial charge in [-0.05, 0) is 49.3 Å². The van der Waals surface area contributed by atoms with E-state index in [0.717, 1.165) is 30.6 Å². The quantitative estimate of drug-likeness (QED) is 0.875. The Morgan fingerprint density at radius 2 is 2.11 bits per heavy atom. The summed E-state index contributed by atoms with van der Waals surface area (Å²) in [5, 5.41) is 9.02. The summed E-state index contributed by atoms with van der Waals surface area (Å²) in [6, 6.07) is 6.22. The van der Waals surface area contributed by atoms with Gasteiger partial charge in [-0.3, -0.25) is 4.79 Å². The molecule has 1 aromatic rings. The Bertz CT molecular complexity index is 473. The molecule has 1 aliphatic rings. The number of carboxylic acids is 1. The lowest BCUT2D eigenvalue weighted by Crippen LogP contribution is -2.45. The van der Waals surface area contributed by atoms with Gasteiger partial charge >= 0.3 is 5.97 Å². The van der Waals surface area contributed by atoms with Crippen molar-refractivity contribution in [2.75, 3.05) is 0 Å². The minimum absolute atomic E-state index is 0.0956. The zero-order valence-corrected chi connectivity index (χ0v) is 11.9. The van der Waals surface area contributed by atoms with Crippen molar-refractivity contribution in [3.63, 3.8) is 0 Å². The summed E-state index contributed by atoms with van der Waals surface area (Å²) in [7, 11) is 0. The topological polar surface area (TPSA) is 46.5 Å². The first-order valence-electron chi connectivity index (χ1n) is 6.93. The van der Waals surface area contributed by atoms with Gasteiger partial charge in [0.1, 0.15) is 11.4 Å². The van der Waals surface area contributed by atoms with Crippen LogP contribution in [0.15, 0.2) is 18.2 Å². The summed E-state index contributed by atoms with van der Waals surface area (Å²) in [5.41, 5.74) is 1.82. The molecule has 0 radical (unpaired) electrons. The largest absolute Gasteiger partial charge is 0.486 e. The van der Waals surface area contributed by atoms with Gasteiger partial charge < -0.3 is 9.84 Å². The predicted molar refractivity (Wildman–Crippen MR) is 74.7 cm³/mol. The van der Waals surface area contributed by atoms with Crippen LogP contribution in [0, 0.1) is 6.92 Å². The highest BCUT2D eigenvalue weighted by Gasteiger charge is 2.41. The van der Waals surface area contributed by atoms with Gasteiger partial charge in [0.25, 0.3) is 0 Å². The highest BCUT2D eigenvalue weighted by Crippen LogP contribution is 2.40. The second-order valence-corrected chi connectivity index (χ2v) is 5.89. The molecule has 0 unspecified atom stereocenters. The van der Waals surface area contributed by atoms with E-state index < -0.39 is 11.6 Å². The summed E-state index contributed by atoms with van der Waals surface area (Å²) in [4.78, 5) is 11.0. The zero-order valence-electron chi connectivity index (χ0n) is 11.9. The van der Waals surface area contributed by atoms with Crippen LogP contribution in [-0.2, 0) is 4.79 Å². The number of ether oxygens (including phenoxy) is 1. The van der Waals surface area contributed by atoms with Crippen LogP contribution in [0.1, 0.15) is 56.6 Å². The van der Waals surface area contributed by atoms with E-state index in [1.54, 1.807) is 0 Å². The standard InChI is InChI=1S/C16H22O3/c1-11(2)13-6-5-12(3)14(9-13)19-16(7-4-8-16)10-15(17)18/h5-6,9,11H,4,7-8,10H2,1-3H3,(H,17,18). The van der Waals surface area contributed by atoms with Crippen LogP contribution < -0.4 is 4.74 Å². The molecule has 1 N–H and O–H groups in total. The van der Waals surface area contributed by atoms with E-state index in [9.17, 15) is 4.79 Å².